The number of rotatable bonds is 5. The van der Waals surface area contributed by atoms with Gasteiger partial charge in [-0.25, -0.2) is 0 Å². The molecule has 82 valence electrons. The summed E-state index contributed by atoms with van der Waals surface area (Å²) >= 11 is 0. The summed E-state index contributed by atoms with van der Waals surface area (Å²) in [5, 5.41) is 13.6. The number of pyridine rings is 1. The van der Waals surface area contributed by atoms with E-state index in [4.69, 9.17) is 4.74 Å². The second-order valence-corrected chi connectivity index (χ2v) is 3.09. The lowest BCUT2D eigenvalue weighted by molar-refractivity contribution is -0.386. The summed E-state index contributed by atoms with van der Waals surface area (Å²) in [6.07, 6.45) is 2.52. The van der Waals surface area contributed by atoms with Crippen molar-refractivity contribution < 1.29 is 9.66 Å². The molecule has 1 atom stereocenters. The maximum Gasteiger partial charge on any atom is 0.329 e. The van der Waals surface area contributed by atoms with Gasteiger partial charge in [-0.2, -0.15) is 0 Å². The predicted octanol–water partition coefficient (Wildman–Crippen LogP) is 0.976. The number of likely N-dealkylation sites (N-methyl/N-ethyl adjacent to an activating group) is 1. The van der Waals surface area contributed by atoms with Crippen LogP contribution in [-0.4, -0.2) is 29.6 Å². The fourth-order valence-corrected chi connectivity index (χ4v) is 1.16. The van der Waals surface area contributed by atoms with Gasteiger partial charge in [-0.05, 0) is 14.0 Å². The molecule has 0 radical (unpaired) electrons. The molecule has 0 aliphatic heterocycles. The maximum absolute atomic E-state index is 10.6. The van der Waals surface area contributed by atoms with E-state index in [1.165, 1.54) is 18.5 Å². The molecule has 0 aromatic carbocycles. The number of ether oxygens (including phenoxy) is 1. The summed E-state index contributed by atoms with van der Waals surface area (Å²) < 4.78 is 5.40. The molecule has 0 aliphatic rings. The van der Waals surface area contributed by atoms with Crippen molar-refractivity contribution in [3.8, 4) is 5.75 Å². The van der Waals surface area contributed by atoms with Crippen molar-refractivity contribution in [3.05, 3.63) is 28.6 Å². The van der Waals surface area contributed by atoms with Gasteiger partial charge in [-0.15, -0.1) is 0 Å². The smallest absolute Gasteiger partial charge is 0.329 e. The standard InChI is InChI=1S/C9H13N3O3/c1-7(5-10-2)15-9-3-4-11-6-8(9)12(13)14/h3-4,6-7,10H,5H2,1-2H3. The van der Waals surface area contributed by atoms with E-state index >= 15 is 0 Å². The first-order chi connectivity index (χ1) is 7.15. The second kappa shape index (κ2) is 5.26. The third kappa shape index (κ3) is 3.17. The zero-order valence-corrected chi connectivity index (χ0v) is 8.64. The van der Waals surface area contributed by atoms with Crippen molar-refractivity contribution in [1.82, 2.24) is 10.3 Å². The van der Waals surface area contributed by atoms with Crippen molar-refractivity contribution in [1.29, 1.82) is 0 Å². The first-order valence-corrected chi connectivity index (χ1v) is 4.54. The van der Waals surface area contributed by atoms with E-state index in [9.17, 15) is 10.1 Å². The van der Waals surface area contributed by atoms with Crippen LogP contribution >= 0.6 is 0 Å². The van der Waals surface area contributed by atoms with Crippen molar-refractivity contribution >= 4 is 5.69 Å². The highest BCUT2D eigenvalue weighted by Crippen LogP contribution is 2.25. The third-order valence-corrected chi connectivity index (χ3v) is 1.78. The van der Waals surface area contributed by atoms with Crippen LogP contribution in [-0.2, 0) is 0 Å². The number of nitro groups is 1. The molecule has 0 aliphatic carbocycles. The molecular formula is C9H13N3O3. The molecule has 0 spiro atoms. The van der Waals surface area contributed by atoms with Crippen LogP contribution in [0, 0.1) is 10.1 Å². The predicted molar refractivity (Wildman–Crippen MR) is 54.9 cm³/mol. The molecule has 0 fully saturated rings. The summed E-state index contributed by atoms with van der Waals surface area (Å²) in [6.45, 7) is 2.46. The van der Waals surface area contributed by atoms with E-state index in [1.54, 1.807) is 7.05 Å². The van der Waals surface area contributed by atoms with E-state index in [0.717, 1.165) is 0 Å². The van der Waals surface area contributed by atoms with Gasteiger partial charge in [0.05, 0.1) is 4.92 Å². The van der Waals surface area contributed by atoms with Crippen molar-refractivity contribution in [3.63, 3.8) is 0 Å². The van der Waals surface area contributed by atoms with Crippen LogP contribution in [0.2, 0.25) is 0 Å². The first-order valence-electron chi connectivity index (χ1n) is 4.54. The van der Waals surface area contributed by atoms with Gasteiger partial charge in [-0.3, -0.25) is 15.1 Å². The Labute approximate surface area is 87.4 Å². The lowest BCUT2D eigenvalue weighted by atomic mass is 10.3. The Morgan fingerprint density at radius 1 is 1.73 bits per heavy atom. The van der Waals surface area contributed by atoms with Crippen LogP contribution in [0.4, 0.5) is 5.69 Å². The highest BCUT2D eigenvalue weighted by molar-refractivity contribution is 5.43. The van der Waals surface area contributed by atoms with Crippen LogP contribution in [0.1, 0.15) is 6.92 Å². The van der Waals surface area contributed by atoms with Crippen LogP contribution in [0.15, 0.2) is 18.5 Å². The molecule has 1 heterocycles. The van der Waals surface area contributed by atoms with Gasteiger partial charge in [-0.1, -0.05) is 0 Å². The molecule has 1 aromatic heterocycles. The topological polar surface area (TPSA) is 77.3 Å². The molecule has 0 saturated heterocycles. The van der Waals surface area contributed by atoms with Crippen molar-refractivity contribution in [2.45, 2.75) is 13.0 Å². The van der Waals surface area contributed by atoms with Gasteiger partial charge in [0.2, 0.25) is 5.75 Å². The Morgan fingerprint density at radius 3 is 3.07 bits per heavy atom. The molecule has 1 rings (SSSR count). The van der Waals surface area contributed by atoms with Gasteiger partial charge in [0.1, 0.15) is 12.3 Å². The Balaban J connectivity index is 2.79. The number of hydrogen-bond acceptors (Lipinski definition) is 5. The summed E-state index contributed by atoms with van der Waals surface area (Å²) in [6, 6.07) is 1.49. The van der Waals surface area contributed by atoms with Crippen LogP contribution in [0.25, 0.3) is 0 Å². The number of aromatic nitrogens is 1. The van der Waals surface area contributed by atoms with E-state index in [1.807, 2.05) is 6.92 Å². The Bertz CT molecular complexity index is 343. The number of nitrogens with zero attached hydrogens (tertiary/aromatic N) is 2. The minimum Gasteiger partial charge on any atom is -0.482 e. The fraction of sp³-hybridized carbons (Fsp3) is 0.444. The average Bonchev–Trinajstić information content (AvgIpc) is 2.18. The molecule has 6 nitrogen and oxygen atoms in total. The SMILES string of the molecule is CNCC(C)Oc1ccncc1[N+](=O)[O-]. The van der Waals surface area contributed by atoms with Gasteiger partial charge >= 0.3 is 5.69 Å². The first kappa shape index (κ1) is 11.4. The summed E-state index contributed by atoms with van der Waals surface area (Å²) in [4.78, 5) is 13.8. The molecule has 15 heavy (non-hydrogen) atoms. The summed E-state index contributed by atoms with van der Waals surface area (Å²) in [7, 11) is 1.79. The van der Waals surface area contributed by atoms with Crippen LogP contribution < -0.4 is 10.1 Å². The molecule has 0 saturated carbocycles. The van der Waals surface area contributed by atoms with Crippen LogP contribution in [0.3, 0.4) is 0 Å². The van der Waals surface area contributed by atoms with Crippen LogP contribution in [0.5, 0.6) is 5.75 Å². The molecule has 0 amide bonds. The average molecular weight is 211 g/mol. The highest BCUT2D eigenvalue weighted by Gasteiger charge is 2.16. The van der Waals surface area contributed by atoms with Gasteiger partial charge < -0.3 is 10.1 Å². The quantitative estimate of drug-likeness (QED) is 0.580. The monoisotopic (exact) mass is 211 g/mol. The highest BCUT2D eigenvalue weighted by atomic mass is 16.6. The Hall–Kier alpha value is -1.69. The molecular weight excluding hydrogens is 198 g/mol. The largest absolute Gasteiger partial charge is 0.482 e. The van der Waals surface area contributed by atoms with E-state index in [-0.39, 0.29) is 17.5 Å². The minimum absolute atomic E-state index is 0.111. The lowest BCUT2D eigenvalue weighted by Crippen LogP contribution is -2.26. The van der Waals surface area contributed by atoms with E-state index in [0.29, 0.717) is 6.54 Å². The molecule has 1 aromatic rings. The van der Waals surface area contributed by atoms with E-state index < -0.39 is 4.92 Å². The van der Waals surface area contributed by atoms with Crippen molar-refractivity contribution in [2.24, 2.45) is 0 Å². The maximum atomic E-state index is 10.6. The van der Waals surface area contributed by atoms with E-state index in [2.05, 4.69) is 10.3 Å². The Kier molecular flexibility index (Phi) is 3.99. The second-order valence-electron chi connectivity index (χ2n) is 3.09. The minimum atomic E-state index is -0.506. The zero-order valence-electron chi connectivity index (χ0n) is 8.64. The molecule has 1 N–H and O–H groups in total. The number of hydrogen-bond donors (Lipinski definition) is 1. The lowest BCUT2D eigenvalue weighted by Gasteiger charge is -2.13. The van der Waals surface area contributed by atoms with Crippen molar-refractivity contribution in [2.75, 3.05) is 13.6 Å². The molecule has 1 unspecified atom stereocenters. The fourth-order valence-electron chi connectivity index (χ4n) is 1.16. The zero-order chi connectivity index (χ0) is 11.3. The summed E-state index contributed by atoms with van der Waals surface area (Å²) in [5.41, 5.74) is -0.111. The molecule has 0 bridgehead atoms. The third-order valence-electron chi connectivity index (χ3n) is 1.78. The number of nitrogens with one attached hydrogen (secondary N) is 1. The summed E-state index contributed by atoms with van der Waals surface area (Å²) in [5.74, 6) is 0.248. The normalized spacial score (nSPS) is 12.1. The Morgan fingerprint density at radius 2 is 2.47 bits per heavy atom. The van der Waals surface area contributed by atoms with Gasteiger partial charge in [0.15, 0.2) is 0 Å². The molecule has 6 heteroatoms. The van der Waals surface area contributed by atoms with Gasteiger partial charge in [0, 0.05) is 18.8 Å². The van der Waals surface area contributed by atoms with Gasteiger partial charge in [0.25, 0.3) is 0 Å².